The van der Waals surface area contributed by atoms with Crippen LogP contribution in [0.5, 0.6) is 11.5 Å². The molecule has 1 aliphatic rings. The number of ether oxygens (including phenoxy) is 2. The SMILES string of the molecule is CCN1C(=O)N/C(=C/c2cc(OC)c(OCC(=O)Nc3ccc(C)cc3)cc2Br)C1=O. The molecule has 162 valence electrons. The first kappa shape index (κ1) is 22.4. The number of benzene rings is 2. The van der Waals surface area contributed by atoms with Gasteiger partial charge in [-0.1, -0.05) is 33.6 Å². The second kappa shape index (κ2) is 9.65. The number of aryl methyl sites for hydroxylation is 1. The Morgan fingerprint density at radius 2 is 1.90 bits per heavy atom. The summed E-state index contributed by atoms with van der Waals surface area (Å²) in [6.07, 6.45) is 1.55. The Kier molecular flexibility index (Phi) is 6.96. The average Bonchev–Trinajstić information content (AvgIpc) is 3.01. The Labute approximate surface area is 188 Å². The predicted molar refractivity (Wildman–Crippen MR) is 120 cm³/mol. The number of hydrogen-bond donors (Lipinski definition) is 2. The smallest absolute Gasteiger partial charge is 0.328 e. The first-order valence-corrected chi connectivity index (χ1v) is 10.3. The van der Waals surface area contributed by atoms with Crippen molar-refractivity contribution in [2.45, 2.75) is 13.8 Å². The predicted octanol–water partition coefficient (Wildman–Crippen LogP) is 3.70. The highest BCUT2D eigenvalue weighted by Gasteiger charge is 2.32. The summed E-state index contributed by atoms with van der Waals surface area (Å²) < 4.78 is 11.6. The number of halogens is 1. The summed E-state index contributed by atoms with van der Waals surface area (Å²) in [5.41, 5.74) is 2.55. The van der Waals surface area contributed by atoms with Crippen molar-refractivity contribution < 1.29 is 23.9 Å². The summed E-state index contributed by atoms with van der Waals surface area (Å²) in [5.74, 6) is 0.0217. The number of anilines is 1. The highest BCUT2D eigenvalue weighted by atomic mass is 79.9. The third kappa shape index (κ3) is 5.24. The highest BCUT2D eigenvalue weighted by molar-refractivity contribution is 9.10. The molecule has 1 heterocycles. The maximum atomic E-state index is 12.3. The third-order valence-electron chi connectivity index (χ3n) is 4.56. The lowest BCUT2D eigenvalue weighted by molar-refractivity contribution is -0.122. The molecule has 0 atom stereocenters. The Balaban J connectivity index is 1.73. The summed E-state index contributed by atoms with van der Waals surface area (Å²) >= 11 is 3.43. The van der Waals surface area contributed by atoms with Crippen LogP contribution in [0.4, 0.5) is 10.5 Å². The molecule has 2 aromatic carbocycles. The molecule has 0 radical (unpaired) electrons. The first-order chi connectivity index (χ1) is 14.8. The van der Waals surface area contributed by atoms with Gasteiger partial charge in [-0.25, -0.2) is 4.79 Å². The molecule has 4 amide bonds. The number of urea groups is 1. The largest absolute Gasteiger partial charge is 0.493 e. The summed E-state index contributed by atoms with van der Waals surface area (Å²) in [6.45, 7) is 3.76. The van der Waals surface area contributed by atoms with Gasteiger partial charge in [0.1, 0.15) is 5.70 Å². The fourth-order valence-corrected chi connectivity index (χ4v) is 3.36. The van der Waals surface area contributed by atoms with E-state index in [0.29, 0.717) is 27.2 Å². The number of hydrogen-bond acceptors (Lipinski definition) is 5. The first-order valence-electron chi connectivity index (χ1n) is 9.53. The summed E-state index contributed by atoms with van der Waals surface area (Å²) in [4.78, 5) is 37.4. The van der Waals surface area contributed by atoms with Crippen LogP contribution in [-0.4, -0.2) is 43.0 Å². The van der Waals surface area contributed by atoms with Crippen LogP contribution in [0.1, 0.15) is 18.1 Å². The summed E-state index contributed by atoms with van der Waals surface area (Å²) in [5, 5.41) is 5.31. The molecule has 1 saturated heterocycles. The molecular weight excluding hydrogens is 466 g/mol. The molecule has 0 aliphatic carbocycles. The van der Waals surface area contributed by atoms with Crippen LogP contribution < -0.4 is 20.1 Å². The molecular formula is C22H22BrN3O5. The van der Waals surface area contributed by atoms with Gasteiger partial charge in [0, 0.05) is 16.7 Å². The van der Waals surface area contributed by atoms with E-state index >= 15 is 0 Å². The molecule has 31 heavy (non-hydrogen) atoms. The van der Waals surface area contributed by atoms with Crippen LogP contribution in [0, 0.1) is 6.92 Å². The number of nitrogens with one attached hydrogen (secondary N) is 2. The number of amides is 4. The van der Waals surface area contributed by atoms with Crippen molar-refractivity contribution in [3.63, 3.8) is 0 Å². The van der Waals surface area contributed by atoms with E-state index in [0.717, 1.165) is 10.5 Å². The van der Waals surface area contributed by atoms with E-state index in [2.05, 4.69) is 26.6 Å². The molecule has 2 N–H and O–H groups in total. The minimum absolute atomic E-state index is 0.167. The third-order valence-corrected chi connectivity index (χ3v) is 5.24. The number of methoxy groups -OCH3 is 1. The van der Waals surface area contributed by atoms with Gasteiger partial charge in [-0.05, 0) is 49.8 Å². The number of carbonyl (C=O) groups is 3. The molecule has 1 fully saturated rings. The number of rotatable bonds is 7. The number of carbonyl (C=O) groups excluding carboxylic acids is 3. The number of imide groups is 1. The van der Waals surface area contributed by atoms with E-state index in [-0.39, 0.29) is 24.8 Å². The molecule has 0 aromatic heterocycles. The van der Waals surface area contributed by atoms with Gasteiger partial charge in [0.25, 0.3) is 11.8 Å². The second-order valence-corrected chi connectivity index (χ2v) is 7.62. The van der Waals surface area contributed by atoms with Gasteiger partial charge in [0.15, 0.2) is 18.1 Å². The lowest BCUT2D eigenvalue weighted by Gasteiger charge is -2.13. The van der Waals surface area contributed by atoms with E-state index in [9.17, 15) is 14.4 Å². The standard InChI is InChI=1S/C22H22BrN3O5/c1-4-26-21(28)17(25-22(26)29)9-14-10-18(30-3)19(11-16(14)23)31-12-20(27)24-15-7-5-13(2)6-8-15/h5-11H,4,12H2,1-3H3,(H,24,27)(H,25,29)/b17-9+. The maximum Gasteiger partial charge on any atom is 0.328 e. The van der Waals surface area contributed by atoms with Crippen molar-refractivity contribution in [3.05, 3.63) is 57.7 Å². The van der Waals surface area contributed by atoms with E-state index in [1.165, 1.54) is 7.11 Å². The van der Waals surface area contributed by atoms with Crippen LogP contribution in [0.3, 0.4) is 0 Å². The molecule has 0 saturated carbocycles. The van der Waals surface area contributed by atoms with Crippen LogP contribution in [0.2, 0.25) is 0 Å². The van der Waals surface area contributed by atoms with Gasteiger partial charge in [-0.3, -0.25) is 14.5 Å². The topological polar surface area (TPSA) is 97.0 Å². The molecule has 1 aliphatic heterocycles. The fraction of sp³-hybridized carbons (Fsp3) is 0.227. The van der Waals surface area contributed by atoms with E-state index in [1.54, 1.807) is 25.1 Å². The average molecular weight is 488 g/mol. The highest BCUT2D eigenvalue weighted by Crippen LogP contribution is 2.35. The Morgan fingerprint density at radius 3 is 2.52 bits per heavy atom. The van der Waals surface area contributed by atoms with Gasteiger partial charge in [0.05, 0.1) is 7.11 Å². The van der Waals surface area contributed by atoms with Crippen LogP contribution in [0.15, 0.2) is 46.6 Å². The van der Waals surface area contributed by atoms with Crippen LogP contribution in [-0.2, 0) is 9.59 Å². The van der Waals surface area contributed by atoms with Crippen LogP contribution >= 0.6 is 15.9 Å². The second-order valence-electron chi connectivity index (χ2n) is 6.77. The van der Waals surface area contributed by atoms with Crippen molar-refractivity contribution >= 4 is 45.5 Å². The van der Waals surface area contributed by atoms with Crippen LogP contribution in [0.25, 0.3) is 6.08 Å². The Morgan fingerprint density at radius 1 is 1.19 bits per heavy atom. The summed E-state index contributed by atoms with van der Waals surface area (Å²) in [6, 6.07) is 10.3. The van der Waals surface area contributed by atoms with Crippen molar-refractivity contribution in [1.29, 1.82) is 0 Å². The number of nitrogens with zero attached hydrogens (tertiary/aromatic N) is 1. The maximum absolute atomic E-state index is 12.3. The zero-order valence-corrected chi connectivity index (χ0v) is 18.9. The Bertz CT molecular complexity index is 1050. The fourth-order valence-electron chi connectivity index (χ4n) is 2.93. The zero-order chi connectivity index (χ0) is 22.5. The normalized spacial score (nSPS) is 14.6. The lowest BCUT2D eigenvalue weighted by atomic mass is 10.1. The molecule has 3 rings (SSSR count). The molecule has 9 heteroatoms. The van der Waals surface area contributed by atoms with Gasteiger partial charge < -0.3 is 20.1 Å². The number of likely N-dealkylation sites (N-methyl/N-ethyl adjacent to an activating group) is 1. The van der Waals surface area contributed by atoms with E-state index in [4.69, 9.17) is 9.47 Å². The van der Waals surface area contributed by atoms with Crippen molar-refractivity contribution in [2.75, 3.05) is 25.6 Å². The molecule has 0 bridgehead atoms. The molecule has 2 aromatic rings. The molecule has 0 unspecified atom stereocenters. The Hall–Kier alpha value is -3.33. The van der Waals surface area contributed by atoms with E-state index in [1.807, 2.05) is 31.2 Å². The van der Waals surface area contributed by atoms with Crippen molar-refractivity contribution in [1.82, 2.24) is 10.2 Å². The van der Waals surface area contributed by atoms with Gasteiger partial charge in [-0.15, -0.1) is 0 Å². The summed E-state index contributed by atoms with van der Waals surface area (Å²) in [7, 11) is 1.47. The van der Waals surface area contributed by atoms with Gasteiger partial charge >= 0.3 is 6.03 Å². The minimum Gasteiger partial charge on any atom is -0.493 e. The van der Waals surface area contributed by atoms with Crippen molar-refractivity contribution in [3.8, 4) is 11.5 Å². The molecule has 0 spiro atoms. The lowest BCUT2D eigenvalue weighted by Crippen LogP contribution is -2.30. The quantitative estimate of drug-likeness (QED) is 0.458. The monoisotopic (exact) mass is 487 g/mol. The van der Waals surface area contributed by atoms with Crippen molar-refractivity contribution in [2.24, 2.45) is 0 Å². The minimum atomic E-state index is -0.457. The molecule has 8 nitrogen and oxygen atoms in total. The van der Waals surface area contributed by atoms with E-state index < -0.39 is 11.9 Å². The van der Waals surface area contributed by atoms with Gasteiger partial charge in [-0.2, -0.15) is 0 Å². The van der Waals surface area contributed by atoms with Gasteiger partial charge in [0.2, 0.25) is 0 Å². The zero-order valence-electron chi connectivity index (χ0n) is 17.3.